The lowest BCUT2D eigenvalue weighted by Gasteiger charge is -2.20. The second-order valence-electron chi connectivity index (χ2n) is 6.31. The number of halogens is 1. The monoisotopic (exact) mass is 464 g/mol. The highest BCUT2D eigenvalue weighted by molar-refractivity contribution is 14.1. The van der Waals surface area contributed by atoms with Gasteiger partial charge in [-0.05, 0) is 64.9 Å². The van der Waals surface area contributed by atoms with E-state index in [1.54, 1.807) is 4.90 Å². The number of aryl methyl sites for hydroxylation is 1. The van der Waals surface area contributed by atoms with Crippen LogP contribution in [0.15, 0.2) is 89.6 Å². The topological polar surface area (TPSA) is 32.7 Å². The van der Waals surface area contributed by atoms with Gasteiger partial charge in [0.25, 0.3) is 5.91 Å². The van der Waals surface area contributed by atoms with E-state index < -0.39 is 0 Å². The molecule has 3 aromatic rings. The van der Waals surface area contributed by atoms with Crippen LogP contribution in [0.3, 0.4) is 0 Å². The molecular formula is C23H17IN2O. The molecule has 0 radical (unpaired) electrons. The Morgan fingerprint density at radius 3 is 2.26 bits per heavy atom. The molecule has 0 atom stereocenters. The van der Waals surface area contributed by atoms with Crippen molar-refractivity contribution < 1.29 is 4.79 Å². The molecular weight excluding hydrogens is 447 g/mol. The smallest absolute Gasteiger partial charge is 0.266 e. The van der Waals surface area contributed by atoms with Crippen LogP contribution in [0.5, 0.6) is 0 Å². The number of hydrogen-bond donors (Lipinski definition) is 0. The van der Waals surface area contributed by atoms with E-state index >= 15 is 0 Å². The van der Waals surface area contributed by atoms with Gasteiger partial charge in [0.1, 0.15) is 11.5 Å². The minimum absolute atomic E-state index is 0.109. The van der Waals surface area contributed by atoms with Crippen LogP contribution >= 0.6 is 22.6 Å². The SMILES string of the molecule is Cc1cc(I)ccc1N1C(=O)C(=Cc2ccccc2)N=C1c1ccccc1. The Labute approximate surface area is 172 Å². The van der Waals surface area contributed by atoms with E-state index in [-0.39, 0.29) is 5.91 Å². The van der Waals surface area contributed by atoms with Gasteiger partial charge in [-0.25, -0.2) is 4.99 Å². The number of carbonyl (C=O) groups is 1. The highest BCUT2D eigenvalue weighted by atomic mass is 127. The van der Waals surface area contributed by atoms with Crippen molar-refractivity contribution in [1.29, 1.82) is 0 Å². The molecule has 3 aromatic carbocycles. The third kappa shape index (κ3) is 3.57. The summed E-state index contributed by atoms with van der Waals surface area (Å²) < 4.78 is 1.14. The highest BCUT2D eigenvalue weighted by Gasteiger charge is 2.33. The molecule has 1 aliphatic heterocycles. The van der Waals surface area contributed by atoms with Gasteiger partial charge in [0.15, 0.2) is 0 Å². The summed E-state index contributed by atoms with van der Waals surface area (Å²) in [7, 11) is 0. The second kappa shape index (κ2) is 7.48. The molecule has 0 N–H and O–H groups in total. The molecule has 132 valence electrons. The molecule has 1 aliphatic rings. The molecule has 4 rings (SSSR count). The number of nitrogens with zero attached hydrogens (tertiary/aromatic N) is 2. The summed E-state index contributed by atoms with van der Waals surface area (Å²) in [6.45, 7) is 2.02. The first-order valence-electron chi connectivity index (χ1n) is 8.65. The molecule has 0 bridgehead atoms. The lowest BCUT2D eigenvalue weighted by atomic mass is 10.1. The predicted molar refractivity (Wildman–Crippen MR) is 119 cm³/mol. The lowest BCUT2D eigenvalue weighted by molar-refractivity contribution is -0.113. The van der Waals surface area contributed by atoms with E-state index in [1.807, 2.05) is 85.8 Å². The largest absolute Gasteiger partial charge is 0.282 e. The number of amidine groups is 1. The molecule has 0 saturated carbocycles. The summed E-state index contributed by atoms with van der Waals surface area (Å²) in [4.78, 5) is 19.7. The molecule has 0 saturated heterocycles. The minimum Gasteiger partial charge on any atom is -0.266 e. The normalized spacial score (nSPS) is 15.3. The van der Waals surface area contributed by atoms with Crippen molar-refractivity contribution in [2.45, 2.75) is 6.92 Å². The van der Waals surface area contributed by atoms with Gasteiger partial charge in [-0.2, -0.15) is 0 Å². The number of carbonyl (C=O) groups excluding carboxylic acids is 1. The Morgan fingerprint density at radius 1 is 0.926 bits per heavy atom. The first-order chi connectivity index (χ1) is 13.1. The first kappa shape index (κ1) is 17.7. The van der Waals surface area contributed by atoms with Crippen LogP contribution in [0.25, 0.3) is 6.08 Å². The summed E-state index contributed by atoms with van der Waals surface area (Å²) in [5, 5.41) is 0. The quantitative estimate of drug-likeness (QED) is 0.376. The molecule has 0 fully saturated rings. The van der Waals surface area contributed by atoms with Crippen LogP contribution in [-0.2, 0) is 4.79 Å². The molecule has 4 heteroatoms. The highest BCUT2D eigenvalue weighted by Crippen LogP contribution is 2.30. The summed E-state index contributed by atoms with van der Waals surface area (Å²) in [6.07, 6.45) is 1.84. The van der Waals surface area contributed by atoms with E-state index in [9.17, 15) is 4.79 Å². The van der Waals surface area contributed by atoms with Crippen molar-refractivity contribution in [2.24, 2.45) is 4.99 Å². The number of aliphatic imine (C=N–C) groups is 1. The van der Waals surface area contributed by atoms with E-state index in [0.717, 1.165) is 25.9 Å². The van der Waals surface area contributed by atoms with Crippen molar-refractivity contribution in [1.82, 2.24) is 0 Å². The predicted octanol–water partition coefficient (Wildman–Crippen LogP) is 5.43. The molecule has 27 heavy (non-hydrogen) atoms. The van der Waals surface area contributed by atoms with Crippen LogP contribution in [0.1, 0.15) is 16.7 Å². The lowest BCUT2D eigenvalue weighted by Crippen LogP contribution is -2.33. The molecule has 0 aromatic heterocycles. The van der Waals surface area contributed by atoms with Gasteiger partial charge in [0, 0.05) is 9.13 Å². The average Bonchev–Trinajstić information content (AvgIpc) is 3.00. The summed E-state index contributed by atoms with van der Waals surface area (Å²) in [5.41, 5.74) is 4.22. The minimum atomic E-state index is -0.109. The van der Waals surface area contributed by atoms with Gasteiger partial charge in [-0.1, -0.05) is 60.7 Å². The van der Waals surface area contributed by atoms with Crippen molar-refractivity contribution in [2.75, 3.05) is 4.90 Å². The Kier molecular flexibility index (Phi) is 4.90. The van der Waals surface area contributed by atoms with Crippen LogP contribution in [0.2, 0.25) is 0 Å². The fourth-order valence-corrected chi connectivity index (χ4v) is 3.74. The van der Waals surface area contributed by atoms with E-state index in [0.29, 0.717) is 11.5 Å². The van der Waals surface area contributed by atoms with Crippen LogP contribution < -0.4 is 4.90 Å². The van der Waals surface area contributed by atoms with Crippen molar-refractivity contribution in [3.05, 3.63) is 105 Å². The third-order valence-corrected chi connectivity index (χ3v) is 5.07. The summed E-state index contributed by atoms with van der Waals surface area (Å²) in [5.74, 6) is 0.550. The zero-order chi connectivity index (χ0) is 18.8. The molecule has 1 amide bonds. The maximum absolute atomic E-state index is 13.3. The average molecular weight is 464 g/mol. The zero-order valence-electron chi connectivity index (χ0n) is 14.8. The van der Waals surface area contributed by atoms with Gasteiger partial charge in [0.05, 0.1) is 5.69 Å². The number of hydrogen-bond acceptors (Lipinski definition) is 2. The number of rotatable bonds is 3. The molecule has 3 nitrogen and oxygen atoms in total. The fourth-order valence-electron chi connectivity index (χ4n) is 3.10. The molecule has 1 heterocycles. The van der Waals surface area contributed by atoms with Crippen LogP contribution in [0.4, 0.5) is 5.69 Å². The Morgan fingerprint density at radius 2 is 1.59 bits per heavy atom. The van der Waals surface area contributed by atoms with Gasteiger partial charge in [-0.15, -0.1) is 0 Å². The van der Waals surface area contributed by atoms with Gasteiger partial charge >= 0.3 is 0 Å². The van der Waals surface area contributed by atoms with Gasteiger partial charge in [0.2, 0.25) is 0 Å². The standard InChI is InChI=1S/C23H17IN2O/c1-16-14-19(24)12-13-21(16)26-22(18-10-6-3-7-11-18)25-20(23(26)27)15-17-8-4-2-5-9-17/h2-15H,1H3. The second-order valence-corrected chi connectivity index (χ2v) is 7.56. The van der Waals surface area contributed by atoms with E-state index in [2.05, 4.69) is 28.7 Å². The Hall–Kier alpha value is -2.73. The van der Waals surface area contributed by atoms with E-state index in [4.69, 9.17) is 4.99 Å². The van der Waals surface area contributed by atoms with Gasteiger partial charge < -0.3 is 0 Å². The molecule has 0 unspecified atom stereocenters. The van der Waals surface area contributed by atoms with Crippen molar-refractivity contribution in [3.8, 4) is 0 Å². The molecule has 0 spiro atoms. The van der Waals surface area contributed by atoms with Gasteiger partial charge in [-0.3, -0.25) is 9.69 Å². The fraction of sp³-hybridized carbons (Fsp3) is 0.0435. The van der Waals surface area contributed by atoms with Crippen molar-refractivity contribution in [3.63, 3.8) is 0 Å². The summed E-state index contributed by atoms with van der Waals surface area (Å²) >= 11 is 2.28. The van der Waals surface area contributed by atoms with Crippen molar-refractivity contribution >= 4 is 46.1 Å². The number of anilines is 1. The van der Waals surface area contributed by atoms with Crippen LogP contribution in [0, 0.1) is 10.5 Å². The first-order valence-corrected chi connectivity index (χ1v) is 9.73. The maximum Gasteiger partial charge on any atom is 0.282 e. The van der Waals surface area contributed by atoms with E-state index in [1.165, 1.54) is 0 Å². The Balaban J connectivity index is 1.85. The maximum atomic E-state index is 13.3. The number of benzene rings is 3. The Bertz CT molecular complexity index is 1060. The van der Waals surface area contributed by atoms with Crippen LogP contribution in [-0.4, -0.2) is 11.7 Å². The molecule has 0 aliphatic carbocycles. The number of amides is 1. The summed E-state index contributed by atoms with van der Waals surface area (Å²) in [6, 6.07) is 25.7. The zero-order valence-corrected chi connectivity index (χ0v) is 16.9. The third-order valence-electron chi connectivity index (χ3n) is 4.40.